The van der Waals surface area contributed by atoms with Gasteiger partial charge >= 0.3 is 6.01 Å². The molecule has 0 unspecified atom stereocenters. The second-order valence-electron chi connectivity index (χ2n) is 5.79. The van der Waals surface area contributed by atoms with Crippen LogP contribution in [-0.2, 0) is 19.4 Å². The third-order valence-electron chi connectivity index (χ3n) is 3.91. The summed E-state index contributed by atoms with van der Waals surface area (Å²) in [5, 5.41) is 14.8. The summed E-state index contributed by atoms with van der Waals surface area (Å²) < 4.78 is 7.17. The van der Waals surface area contributed by atoms with E-state index in [1.807, 2.05) is 26.0 Å². The van der Waals surface area contributed by atoms with E-state index < -0.39 is 0 Å². The van der Waals surface area contributed by atoms with Crippen molar-refractivity contribution in [3.63, 3.8) is 0 Å². The van der Waals surface area contributed by atoms with Crippen LogP contribution in [0.3, 0.4) is 0 Å². The zero-order valence-corrected chi connectivity index (χ0v) is 14.6. The third-order valence-corrected chi connectivity index (χ3v) is 3.91. The molecule has 2 aromatic heterocycles. The first-order valence-electron chi connectivity index (χ1n) is 8.35. The molecule has 1 amide bonds. The maximum absolute atomic E-state index is 12.3. The molecule has 1 aromatic carbocycles. The minimum Gasteiger partial charge on any atom is -0.407 e. The average molecular weight is 339 g/mol. The number of aromatic nitrogens is 4. The van der Waals surface area contributed by atoms with Crippen molar-refractivity contribution in [1.82, 2.24) is 20.0 Å². The Hall–Kier alpha value is -2.96. The van der Waals surface area contributed by atoms with Gasteiger partial charge in [-0.1, -0.05) is 36.3 Å². The number of hydrogen-bond acceptors (Lipinski definition) is 5. The Morgan fingerprint density at radius 2 is 1.88 bits per heavy atom. The Kier molecular flexibility index (Phi) is 4.92. The molecule has 0 aliphatic heterocycles. The number of rotatable bonds is 6. The fraction of sp³-hybridized carbons (Fsp3) is 0.333. The molecule has 7 heteroatoms. The SMILES string of the molecule is CCc1ccc(Cc2nnc(NC(=O)c3cc(C)nn3CC)o2)cc1. The molecule has 0 bridgehead atoms. The van der Waals surface area contributed by atoms with E-state index in [0.29, 0.717) is 24.6 Å². The molecule has 2 heterocycles. The van der Waals surface area contributed by atoms with Crippen LogP contribution in [0, 0.1) is 6.92 Å². The number of amides is 1. The molecule has 0 aliphatic rings. The van der Waals surface area contributed by atoms with E-state index in [4.69, 9.17) is 4.42 Å². The number of benzene rings is 1. The fourth-order valence-electron chi connectivity index (χ4n) is 2.57. The molecule has 0 saturated carbocycles. The van der Waals surface area contributed by atoms with E-state index >= 15 is 0 Å². The molecule has 0 spiro atoms. The summed E-state index contributed by atoms with van der Waals surface area (Å²) in [6.45, 7) is 6.50. The van der Waals surface area contributed by atoms with Gasteiger partial charge < -0.3 is 4.42 Å². The van der Waals surface area contributed by atoms with Crippen LogP contribution in [0.1, 0.15) is 47.0 Å². The number of nitrogens with one attached hydrogen (secondary N) is 1. The zero-order chi connectivity index (χ0) is 17.8. The summed E-state index contributed by atoms with van der Waals surface area (Å²) in [4.78, 5) is 12.3. The molecule has 25 heavy (non-hydrogen) atoms. The number of hydrogen-bond donors (Lipinski definition) is 1. The van der Waals surface area contributed by atoms with Crippen LogP contribution in [0.5, 0.6) is 0 Å². The van der Waals surface area contributed by atoms with Crippen LogP contribution in [-0.4, -0.2) is 25.9 Å². The first kappa shape index (κ1) is 16.9. The number of nitrogens with zero attached hydrogens (tertiary/aromatic N) is 4. The second-order valence-corrected chi connectivity index (χ2v) is 5.79. The molecule has 130 valence electrons. The lowest BCUT2D eigenvalue weighted by atomic mass is 10.1. The summed E-state index contributed by atoms with van der Waals surface area (Å²) >= 11 is 0. The molecular formula is C18H21N5O2. The van der Waals surface area contributed by atoms with Crippen molar-refractivity contribution in [2.75, 3.05) is 5.32 Å². The molecule has 3 aromatic rings. The molecule has 0 radical (unpaired) electrons. The second kappa shape index (κ2) is 7.29. The predicted molar refractivity (Wildman–Crippen MR) is 93.5 cm³/mol. The molecule has 0 aliphatic carbocycles. The number of carbonyl (C=O) groups is 1. The molecule has 0 saturated heterocycles. The minimum absolute atomic E-state index is 0.0895. The largest absolute Gasteiger partial charge is 0.407 e. The summed E-state index contributed by atoms with van der Waals surface area (Å²) in [7, 11) is 0. The Bertz CT molecular complexity index is 864. The van der Waals surface area contributed by atoms with Gasteiger partial charge in [-0.15, -0.1) is 5.10 Å². The number of aryl methyl sites for hydroxylation is 3. The van der Waals surface area contributed by atoms with Gasteiger partial charge in [0.05, 0.1) is 12.1 Å². The van der Waals surface area contributed by atoms with Gasteiger partial charge in [-0.2, -0.15) is 5.10 Å². The monoisotopic (exact) mass is 339 g/mol. The van der Waals surface area contributed by atoms with Crippen LogP contribution >= 0.6 is 0 Å². The average Bonchev–Trinajstić information content (AvgIpc) is 3.21. The van der Waals surface area contributed by atoms with Crippen LogP contribution in [0.4, 0.5) is 6.01 Å². The van der Waals surface area contributed by atoms with Crippen molar-refractivity contribution in [1.29, 1.82) is 0 Å². The number of anilines is 1. The van der Waals surface area contributed by atoms with E-state index in [9.17, 15) is 4.79 Å². The first-order chi connectivity index (χ1) is 12.1. The van der Waals surface area contributed by atoms with Gasteiger partial charge in [0.25, 0.3) is 5.91 Å². The lowest BCUT2D eigenvalue weighted by molar-refractivity contribution is 0.101. The Labute approximate surface area is 146 Å². The topological polar surface area (TPSA) is 85.8 Å². The van der Waals surface area contributed by atoms with Gasteiger partial charge in [0.15, 0.2) is 0 Å². The van der Waals surface area contributed by atoms with Crippen molar-refractivity contribution < 1.29 is 9.21 Å². The highest BCUT2D eigenvalue weighted by Crippen LogP contribution is 2.14. The first-order valence-corrected chi connectivity index (χ1v) is 8.35. The Morgan fingerprint density at radius 1 is 1.16 bits per heavy atom. The van der Waals surface area contributed by atoms with Crippen LogP contribution < -0.4 is 5.32 Å². The summed E-state index contributed by atoms with van der Waals surface area (Å²) in [6.07, 6.45) is 1.53. The van der Waals surface area contributed by atoms with Crippen molar-refractivity contribution in [2.24, 2.45) is 0 Å². The van der Waals surface area contributed by atoms with Crippen molar-refractivity contribution in [2.45, 2.75) is 40.2 Å². The zero-order valence-electron chi connectivity index (χ0n) is 14.6. The van der Waals surface area contributed by atoms with Crippen molar-refractivity contribution >= 4 is 11.9 Å². The van der Waals surface area contributed by atoms with Gasteiger partial charge in [0, 0.05) is 6.54 Å². The standard InChI is InChI=1S/C18H21N5O2/c1-4-13-6-8-14(9-7-13)11-16-20-21-18(25-16)19-17(24)15-10-12(3)22-23(15)5-2/h6-10H,4-5,11H2,1-3H3,(H,19,21,24). The van der Waals surface area contributed by atoms with Gasteiger partial charge in [0.2, 0.25) is 5.89 Å². The highest BCUT2D eigenvalue weighted by Gasteiger charge is 2.16. The Morgan fingerprint density at radius 3 is 2.56 bits per heavy atom. The fourth-order valence-corrected chi connectivity index (χ4v) is 2.57. The normalized spacial score (nSPS) is 10.8. The smallest absolute Gasteiger partial charge is 0.322 e. The van der Waals surface area contributed by atoms with Crippen LogP contribution in [0.15, 0.2) is 34.7 Å². The van der Waals surface area contributed by atoms with E-state index in [1.165, 1.54) is 5.56 Å². The molecule has 1 N–H and O–H groups in total. The maximum atomic E-state index is 12.3. The van der Waals surface area contributed by atoms with Crippen LogP contribution in [0.2, 0.25) is 0 Å². The van der Waals surface area contributed by atoms with E-state index in [1.54, 1.807) is 10.7 Å². The lowest BCUT2D eigenvalue weighted by Gasteiger charge is -2.03. The maximum Gasteiger partial charge on any atom is 0.322 e. The van der Waals surface area contributed by atoms with Crippen LogP contribution in [0.25, 0.3) is 0 Å². The van der Waals surface area contributed by atoms with Gasteiger partial charge in [0.1, 0.15) is 5.69 Å². The van der Waals surface area contributed by atoms with E-state index in [0.717, 1.165) is 17.7 Å². The molecular weight excluding hydrogens is 318 g/mol. The van der Waals surface area contributed by atoms with E-state index in [-0.39, 0.29) is 11.9 Å². The predicted octanol–water partition coefficient (Wildman–Crippen LogP) is 3.00. The van der Waals surface area contributed by atoms with Crippen molar-refractivity contribution in [3.05, 3.63) is 58.7 Å². The highest BCUT2D eigenvalue weighted by atomic mass is 16.4. The Balaban J connectivity index is 1.67. The molecule has 0 atom stereocenters. The van der Waals surface area contributed by atoms with Crippen molar-refractivity contribution in [3.8, 4) is 0 Å². The molecule has 7 nitrogen and oxygen atoms in total. The quantitative estimate of drug-likeness (QED) is 0.746. The summed E-state index contributed by atoms with van der Waals surface area (Å²) in [5.74, 6) is 0.143. The molecule has 3 rings (SSSR count). The minimum atomic E-state index is -0.315. The summed E-state index contributed by atoms with van der Waals surface area (Å²) in [5.41, 5.74) is 3.62. The third kappa shape index (κ3) is 3.93. The summed E-state index contributed by atoms with van der Waals surface area (Å²) in [6, 6.07) is 10.1. The van der Waals surface area contributed by atoms with Gasteiger partial charge in [-0.25, -0.2) is 0 Å². The van der Waals surface area contributed by atoms with Gasteiger partial charge in [-0.3, -0.25) is 14.8 Å². The van der Waals surface area contributed by atoms with Gasteiger partial charge in [-0.05, 0) is 37.5 Å². The highest BCUT2D eigenvalue weighted by molar-refractivity contribution is 6.01. The molecule has 0 fully saturated rings. The number of carbonyl (C=O) groups excluding carboxylic acids is 1. The van der Waals surface area contributed by atoms with E-state index in [2.05, 4.69) is 39.7 Å². The lowest BCUT2D eigenvalue weighted by Crippen LogP contribution is -2.17.